The van der Waals surface area contributed by atoms with Crippen LogP contribution in [0, 0.1) is 0 Å². The molecule has 0 saturated carbocycles. The van der Waals surface area contributed by atoms with Crippen LogP contribution in [-0.2, 0) is 11.3 Å². The first-order valence-corrected chi connectivity index (χ1v) is 9.59. The van der Waals surface area contributed by atoms with Crippen molar-refractivity contribution in [2.45, 2.75) is 44.3 Å². The fourth-order valence-corrected chi connectivity index (χ4v) is 4.85. The Morgan fingerprint density at radius 1 is 1.38 bits per heavy atom. The van der Waals surface area contributed by atoms with Crippen molar-refractivity contribution in [1.82, 2.24) is 10.2 Å². The molecule has 0 unspecified atom stereocenters. The van der Waals surface area contributed by atoms with Crippen molar-refractivity contribution in [3.05, 3.63) is 35.4 Å². The summed E-state index contributed by atoms with van der Waals surface area (Å²) >= 11 is 1.88. The Labute approximate surface area is 146 Å². The van der Waals surface area contributed by atoms with Crippen LogP contribution in [0.5, 0.6) is 0 Å². The second kappa shape index (κ2) is 7.15. The molecule has 0 radical (unpaired) electrons. The summed E-state index contributed by atoms with van der Waals surface area (Å²) in [4.78, 5) is 27.3. The summed E-state index contributed by atoms with van der Waals surface area (Å²) in [5.41, 5.74) is 1.39. The van der Waals surface area contributed by atoms with Crippen molar-refractivity contribution >= 4 is 23.6 Å². The van der Waals surface area contributed by atoms with E-state index in [0.717, 1.165) is 35.5 Å². The van der Waals surface area contributed by atoms with E-state index in [1.807, 2.05) is 40.9 Å². The molecule has 1 saturated heterocycles. The van der Waals surface area contributed by atoms with E-state index in [1.54, 1.807) is 6.92 Å². The van der Waals surface area contributed by atoms with Crippen LogP contribution in [0.25, 0.3) is 0 Å². The molecule has 2 aliphatic heterocycles. The van der Waals surface area contributed by atoms with Crippen LogP contribution in [-0.4, -0.2) is 51.5 Å². The number of benzene rings is 1. The lowest BCUT2D eigenvalue weighted by molar-refractivity contribution is -0.124. The molecule has 0 aromatic heterocycles. The van der Waals surface area contributed by atoms with Gasteiger partial charge in [0.15, 0.2) is 0 Å². The van der Waals surface area contributed by atoms with Crippen molar-refractivity contribution in [1.29, 1.82) is 0 Å². The Kier molecular flexibility index (Phi) is 5.15. The van der Waals surface area contributed by atoms with E-state index < -0.39 is 5.54 Å². The van der Waals surface area contributed by atoms with Gasteiger partial charge >= 0.3 is 0 Å². The third-order valence-corrected chi connectivity index (χ3v) is 5.97. The average Bonchev–Trinajstić information content (AvgIpc) is 2.93. The molecule has 2 N–H and O–H groups in total. The fraction of sp³-hybridized carbons (Fsp3) is 0.556. The second-order valence-electron chi connectivity index (χ2n) is 6.71. The minimum absolute atomic E-state index is 0.0421. The van der Waals surface area contributed by atoms with Crippen molar-refractivity contribution < 1.29 is 14.7 Å². The molecule has 3 rings (SSSR count). The molecular formula is C18H24N2O3S. The smallest absolute Gasteiger partial charge is 0.254 e. The summed E-state index contributed by atoms with van der Waals surface area (Å²) in [5.74, 6) is 1.87. The molecule has 2 amide bonds. The van der Waals surface area contributed by atoms with Gasteiger partial charge in [-0.25, -0.2) is 0 Å². The van der Waals surface area contributed by atoms with Crippen LogP contribution in [0.1, 0.15) is 42.1 Å². The highest BCUT2D eigenvalue weighted by Gasteiger charge is 2.45. The molecule has 0 spiro atoms. The van der Waals surface area contributed by atoms with Crippen LogP contribution in [0.3, 0.4) is 0 Å². The summed E-state index contributed by atoms with van der Waals surface area (Å²) in [5, 5.41) is 12.0. The van der Waals surface area contributed by atoms with Gasteiger partial charge in [-0.15, -0.1) is 0 Å². The van der Waals surface area contributed by atoms with Gasteiger partial charge in [-0.3, -0.25) is 9.59 Å². The minimum atomic E-state index is -0.416. The number of aliphatic hydroxyl groups excluding tert-OH is 1. The molecule has 1 atom stereocenters. The molecule has 2 heterocycles. The molecule has 5 nitrogen and oxygen atoms in total. The highest BCUT2D eigenvalue weighted by Crippen LogP contribution is 2.40. The predicted octanol–water partition coefficient (Wildman–Crippen LogP) is 1.80. The quantitative estimate of drug-likeness (QED) is 0.851. The number of hydrogen-bond donors (Lipinski definition) is 2. The zero-order valence-corrected chi connectivity index (χ0v) is 14.8. The lowest BCUT2D eigenvalue weighted by atomic mass is 9.86. The Balaban J connectivity index is 1.82. The Morgan fingerprint density at radius 2 is 2.08 bits per heavy atom. The number of carbonyl (C=O) groups is 2. The summed E-state index contributed by atoms with van der Waals surface area (Å²) in [6.45, 7) is 2.28. The lowest BCUT2D eigenvalue weighted by Gasteiger charge is -2.44. The maximum atomic E-state index is 12.9. The van der Waals surface area contributed by atoms with Crippen LogP contribution >= 0.6 is 11.8 Å². The van der Waals surface area contributed by atoms with Crippen molar-refractivity contribution in [3.8, 4) is 0 Å². The average molecular weight is 348 g/mol. The highest BCUT2D eigenvalue weighted by molar-refractivity contribution is 7.99. The van der Waals surface area contributed by atoms with Crippen molar-refractivity contribution in [3.63, 3.8) is 0 Å². The molecule has 130 valence electrons. The Morgan fingerprint density at radius 3 is 2.75 bits per heavy atom. The largest absolute Gasteiger partial charge is 0.394 e. The zero-order chi connectivity index (χ0) is 17.2. The summed E-state index contributed by atoms with van der Waals surface area (Å²) in [7, 11) is 0. The van der Waals surface area contributed by atoms with E-state index in [9.17, 15) is 9.59 Å². The number of fused-ring (bicyclic) bond motifs is 1. The van der Waals surface area contributed by atoms with Gasteiger partial charge in [0.1, 0.15) is 0 Å². The molecule has 0 bridgehead atoms. The molecule has 1 aromatic carbocycles. The standard InChI is InChI=1S/C18H24N2O3S/c1-13(12-21)19-16(22)10-18(6-8-24-9-7-18)20-11-14-4-2-3-5-15(14)17(20)23/h2-5,13,21H,6-12H2,1H3,(H,19,22)/t13-/m0/s1. The molecular weight excluding hydrogens is 324 g/mol. The minimum Gasteiger partial charge on any atom is -0.394 e. The van der Waals surface area contributed by atoms with Gasteiger partial charge in [-0.2, -0.15) is 11.8 Å². The third-order valence-electron chi connectivity index (χ3n) is 4.99. The maximum absolute atomic E-state index is 12.9. The van der Waals surface area contributed by atoms with E-state index in [0.29, 0.717) is 13.0 Å². The molecule has 0 aliphatic carbocycles. The SMILES string of the molecule is C[C@@H](CO)NC(=O)CC1(N2Cc3ccccc3C2=O)CCSCC1. The molecule has 1 fully saturated rings. The van der Waals surface area contributed by atoms with E-state index in [-0.39, 0.29) is 24.5 Å². The first kappa shape index (κ1) is 17.3. The van der Waals surface area contributed by atoms with Gasteiger partial charge in [0.2, 0.25) is 5.91 Å². The van der Waals surface area contributed by atoms with Crippen molar-refractivity contribution in [2.75, 3.05) is 18.1 Å². The number of amides is 2. The number of aliphatic hydroxyl groups is 1. The van der Waals surface area contributed by atoms with Gasteiger partial charge in [-0.05, 0) is 42.9 Å². The van der Waals surface area contributed by atoms with Crippen LogP contribution in [0.4, 0.5) is 0 Å². The monoisotopic (exact) mass is 348 g/mol. The lowest BCUT2D eigenvalue weighted by Crippen LogP contribution is -2.54. The van der Waals surface area contributed by atoms with Gasteiger partial charge in [-0.1, -0.05) is 18.2 Å². The van der Waals surface area contributed by atoms with Gasteiger partial charge in [0.05, 0.1) is 12.1 Å². The van der Waals surface area contributed by atoms with Crippen molar-refractivity contribution in [2.24, 2.45) is 0 Å². The first-order chi connectivity index (χ1) is 11.6. The van der Waals surface area contributed by atoms with Gasteiger partial charge in [0, 0.05) is 24.6 Å². The van der Waals surface area contributed by atoms with E-state index in [4.69, 9.17) is 5.11 Å². The summed E-state index contributed by atoms with van der Waals surface area (Å²) in [6.07, 6.45) is 1.97. The molecule has 1 aromatic rings. The normalized spacial score (nSPS) is 20.6. The highest BCUT2D eigenvalue weighted by atomic mass is 32.2. The van der Waals surface area contributed by atoms with E-state index in [2.05, 4.69) is 5.32 Å². The van der Waals surface area contributed by atoms with Crippen LogP contribution < -0.4 is 5.32 Å². The molecule has 24 heavy (non-hydrogen) atoms. The number of thioether (sulfide) groups is 1. The third kappa shape index (κ3) is 3.30. The molecule has 2 aliphatic rings. The summed E-state index contributed by atoms with van der Waals surface area (Å²) in [6, 6.07) is 7.44. The predicted molar refractivity (Wildman–Crippen MR) is 94.9 cm³/mol. The zero-order valence-electron chi connectivity index (χ0n) is 14.0. The Bertz CT molecular complexity index is 628. The number of hydrogen-bond acceptors (Lipinski definition) is 4. The van der Waals surface area contributed by atoms with E-state index >= 15 is 0 Å². The second-order valence-corrected chi connectivity index (χ2v) is 7.94. The first-order valence-electron chi connectivity index (χ1n) is 8.43. The van der Waals surface area contributed by atoms with Crippen LogP contribution in [0.15, 0.2) is 24.3 Å². The topological polar surface area (TPSA) is 69.6 Å². The van der Waals surface area contributed by atoms with Gasteiger partial charge in [0.25, 0.3) is 5.91 Å². The molecule has 6 heteroatoms. The van der Waals surface area contributed by atoms with E-state index in [1.165, 1.54) is 0 Å². The number of nitrogens with one attached hydrogen (secondary N) is 1. The summed E-state index contributed by atoms with van der Waals surface area (Å²) < 4.78 is 0. The fourth-order valence-electron chi connectivity index (χ4n) is 3.60. The number of rotatable bonds is 5. The number of carbonyl (C=O) groups excluding carboxylic acids is 2. The van der Waals surface area contributed by atoms with Crippen LogP contribution in [0.2, 0.25) is 0 Å². The number of nitrogens with zero attached hydrogens (tertiary/aromatic N) is 1. The maximum Gasteiger partial charge on any atom is 0.254 e. The van der Waals surface area contributed by atoms with Gasteiger partial charge < -0.3 is 15.3 Å². The Hall–Kier alpha value is -1.53.